The fourth-order valence-corrected chi connectivity index (χ4v) is 6.26. The second-order valence-corrected chi connectivity index (χ2v) is 10.4. The van der Waals surface area contributed by atoms with E-state index in [2.05, 4.69) is 10.2 Å². The molecule has 0 unspecified atom stereocenters. The van der Waals surface area contributed by atoms with Crippen molar-refractivity contribution in [3.63, 3.8) is 0 Å². The summed E-state index contributed by atoms with van der Waals surface area (Å²) in [6.07, 6.45) is 3.37. The summed E-state index contributed by atoms with van der Waals surface area (Å²) in [5.41, 5.74) is 1.59. The maximum absolute atomic E-state index is 16.3. The smallest absolute Gasteiger partial charge is 0.341 e. The van der Waals surface area contributed by atoms with Gasteiger partial charge in [0.05, 0.1) is 11.7 Å². The Morgan fingerprint density at radius 1 is 1.14 bits per heavy atom. The lowest BCUT2D eigenvalue weighted by atomic mass is 9.75. The number of carbonyl (C=O) groups is 1. The maximum Gasteiger partial charge on any atom is 0.341 e. The average Bonchev–Trinajstić information content (AvgIpc) is 3.50. The van der Waals surface area contributed by atoms with Crippen molar-refractivity contribution in [2.45, 2.75) is 63.0 Å². The third kappa shape index (κ3) is 3.82. The number of alkyl halides is 1. The Kier molecular flexibility index (Phi) is 5.78. The molecule has 0 spiro atoms. The summed E-state index contributed by atoms with van der Waals surface area (Å²) in [4.78, 5) is 11.6. The van der Waals surface area contributed by atoms with Crippen LogP contribution in [0.25, 0.3) is 27.5 Å². The Bertz CT molecular complexity index is 1510. The molecule has 0 atom stereocenters. The van der Waals surface area contributed by atoms with Crippen molar-refractivity contribution in [1.29, 1.82) is 0 Å². The highest BCUT2D eigenvalue weighted by atomic mass is 19.1. The number of fused-ring (bicyclic) bond motifs is 2. The third-order valence-corrected chi connectivity index (χ3v) is 8.26. The highest BCUT2D eigenvalue weighted by Crippen LogP contribution is 2.49. The predicted molar refractivity (Wildman–Crippen MR) is 133 cm³/mol. The lowest BCUT2D eigenvalue weighted by Gasteiger charge is -2.33. The van der Waals surface area contributed by atoms with Crippen LogP contribution in [-0.2, 0) is 9.53 Å². The van der Waals surface area contributed by atoms with Crippen molar-refractivity contribution >= 4 is 27.8 Å². The molecule has 4 aromatic rings. The number of benzene rings is 2. The van der Waals surface area contributed by atoms with Gasteiger partial charge in [-0.15, -0.1) is 0 Å². The topological polar surface area (TPSA) is 80.1 Å². The molecule has 0 bridgehead atoms. The second-order valence-electron chi connectivity index (χ2n) is 10.4. The summed E-state index contributed by atoms with van der Waals surface area (Å²) in [5, 5.41) is 17.3. The zero-order valence-corrected chi connectivity index (χ0v) is 20.5. The molecule has 0 amide bonds. The Hall–Kier alpha value is -3.33. The molecule has 3 heterocycles. The van der Waals surface area contributed by atoms with E-state index in [0.29, 0.717) is 53.4 Å². The van der Waals surface area contributed by atoms with E-state index in [9.17, 15) is 14.3 Å². The van der Waals surface area contributed by atoms with Crippen molar-refractivity contribution in [3.8, 4) is 5.69 Å². The number of nitrogens with one attached hydrogen (secondary N) is 1. The molecule has 2 aromatic heterocycles. The SMILES string of the molecule is Cc1cc(-n2c(C3CCOCC3)c(C3CCC(F)(C(=O)O)CC3)c3c(F)c4[nH]ncc4cc32)ccc1F. The molecule has 1 aliphatic heterocycles. The minimum absolute atomic E-state index is 0.0499. The van der Waals surface area contributed by atoms with E-state index >= 15 is 8.78 Å². The molecule has 1 saturated carbocycles. The van der Waals surface area contributed by atoms with Gasteiger partial charge >= 0.3 is 5.97 Å². The first-order valence-corrected chi connectivity index (χ1v) is 12.7. The Labute approximate surface area is 211 Å². The fraction of sp³-hybridized carbons (Fsp3) is 0.429. The number of aryl methyl sites for hydroxylation is 1. The molecular formula is C28H28F3N3O3. The number of hydrogen-bond donors (Lipinski definition) is 2. The molecular weight excluding hydrogens is 483 g/mol. The number of rotatable bonds is 4. The highest BCUT2D eigenvalue weighted by molar-refractivity contribution is 6.00. The Morgan fingerprint density at radius 2 is 1.86 bits per heavy atom. The number of aromatic nitrogens is 3. The second kappa shape index (κ2) is 8.90. The van der Waals surface area contributed by atoms with Crippen molar-refractivity contribution in [3.05, 3.63) is 58.9 Å². The van der Waals surface area contributed by atoms with Crippen LogP contribution in [0.15, 0.2) is 30.5 Å². The molecule has 6 nitrogen and oxygen atoms in total. The fourth-order valence-electron chi connectivity index (χ4n) is 6.26. The van der Waals surface area contributed by atoms with E-state index in [1.807, 2.05) is 10.6 Å². The minimum atomic E-state index is -2.27. The van der Waals surface area contributed by atoms with E-state index in [-0.39, 0.29) is 30.5 Å². The summed E-state index contributed by atoms with van der Waals surface area (Å²) in [5.74, 6) is -2.36. The summed E-state index contributed by atoms with van der Waals surface area (Å²) < 4.78 is 53.2. The first kappa shape index (κ1) is 24.0. The van der Waals surface area contributed by atoms with Crippen LogP contribution in [0.3, 0.4) is 0 Å². The Morgan fingerprint density at radius 3 is 2.54 bits per heavy atom. The van der Waals surface area contributed by atoms with Gasteiger partial charge in [0.2, 0.25) is 5.67 Å². The zero-order valence-electron chi connectivity index (χ0n) is 20.5. The number of carboxylic acids is 1. The first-order chi connectivity index (χ1) is 17.8. The zero-order chi connectivity index (χ0) is 25.9. The quantitative estimate of drug-likeness (QED) is 0.331. The number of aromatic amines is 1. The van der Waals surface area contributed by atoms with Crippen LogP contribution < -0.4 is 0 Å². The van der Waals surface area contributed by atoms with Crippen LogP contribution in [0.1, 0.15) is 67.2 Å². The minimum Gasteiger partial charge on any atom is -0.479 e. The third-order valence-electron chi connectivity index (χ3n) is 8.26. The molecule has 37 heavy (non-hydrogen) atoms. The first-order valence-electron chi connectivity index (χ1n) is 12.7. The van der Waals surface area contributed by atoms with Crippen LogP contribution in [0.2, 0.25) is 0 Å². The van der Waals surface area contributed by atoms with Gasteiger partial charge in [0, 0.05) is 41.3 Å². The Balaban J connectivity index is 1.65. The normalized spacial score (nSPS) is 23.2. The maximum atomic E-state index is 16.3. The summed E-state index contributed by atoms with van der Waals surface area (Å²) in [6.45, 7) is 2.83. The number of halogens is 3. The van der Waals surface area contributed by atoms with Crippen LogP contribution in [-0.4, -0.2) is 44.7 Å². The number of carboxylic acid groups (broad SMARTS) is 1. The summed E-state index contributed by atoms with van der Waals surface area (Å²) in [6, 6.07) is 6.77. The average molecular weight is 512 g/mol. The highest BCUT2D eigenvalue weighted by Gasteiger charge is 2.44. The van der Waals surface area contributed by atoms with Crippen LogP contribution in [0.5, 0.6) is 0 Å². The van der Waals surface area contributed by atoms with Crippen LogP contribution in [0, 0.1) is 18.6 Å². The van der Waals surface area contributed by atoms with Gasteiger partial charge in [0.25, 0.3) is 0 Å². The molecule has 2 fully saturated rings. The molecule has 1 aliphatic carbocycles. The van der Waals surface area contributed by atoms with E-state index in [1.165, 1.54) is 6.07 Å². The van der Waals surface area contributed by atoms with Crippen molar-refractivity contribution in [1.82, 2.24) is 14.8 Å². The molecule has 6 rings (SSSR count). The molecule has 9 heteroatoms. The van der Waals surface area contributed by atoms with Crippen LogP contribution in [0.4, 0.5) is 13.2 Å². The predicted octanol–water partition coefficient (Wildman–Crippen LogP) is 6.44. The van der Waals surface area contributed by atoms with Gasteiger partial charge < -0.3 is 14.4 Å². The molecule has 0 radical (unpaired) electrons. The lowest BCUT2D eigenvalue weighted by molar-refractivity contribution is -0.153. The monoisotopic (exact) mass is 511 g/mol. The lowest BCUT2D eigenvalue weighted by Crippen LogP contribution is -2.37. The van der Waals surface area contributed by atoms with Crippen molar-refractivity contribution < 1.29 is 27.8 Å². The largest absolute Gasteiger partial charge is 0.479 e. The van der Waals surface area contributed by atoms with Crippen LogP contribution >= 0.6 is 0 Å². The van der Waals surface area contributed by atoms with E-state index in [1.54, 1.807) is 25.3 Å². The molecule has 2 N–H and O–H groups in total. The molecule has 2 aliphatic rings. The van der Waals surface area contributed by atoms with E-state index < -0.39 is 17.5 Å². The standard InChI is InChI=1S/C28H28F3N3O3/c1-15-12-19(2-3-20(15)29)34-21-13-18-14-32-33-25(18)24(30)23(21)22(26(34)17-6-10-37-11-7-17)16-4-8-28(31,9-5-16)27(35)36/h2-3,12-14,16-17H,4-11H2,1H3,(H,32,33)(H,35,36). The van der Waals surface area contributed by atoms with Gasteiger partial charge in [-0.05, 0) is 86.8 Å². The number of H-pyrrole nitrogens is 1. The van der Waals surface area contributed by atoms with Gasteiger partial charge in [-0.3, -0.25) is 5.10 Å². The summed E-state index contributed by atoms with van der Waals surface area (Å²) in [7, 11) is 0. The molecule has 1 saturated heterocycles. The van der Waals surface area contributed by atoms with Gasteiger partial charge in [-0.2, -0.15) is 5.10 Å². The van der Waals surface area contributed by atoms with Gasteiger partial charge in [-0.1, -0.05) is 0 Å². The number of ether oxygens (including phenoxy) is 1. The van der Waals surface area contributed by atoms with E-state index in [0.717, 1.165) is 29.8 Å². The molecule has 2 aromatic carbocycles. The summed E-state index contributed by atoms with van der Waals surface area (Å²) >= 11 is 0. The van der Waals surface area contributed by atoms with Crippen molar-refractivity contribution in [2.24, 2.45) is 0 Å². The number of hydrogen-bond acceptors (Lipinski definition) is 3. The number of nitrogens with zero attached hydrogens (tertiary/aromatic N) is 2. The van der Waals surface area contributed by atoms with Gasteiger partial charge in [-0.25, -0.2) is 18.0 Å². The van der Waals surface area contributed by atoms with Gasteiger partial charge in [0.1, 0.15) is 11.3 Å². The molecule has 194 valence electrons. The van der Waals surface area contributed by atoms with E-state index in [4.69, 9.17) is 4.74 Å². The van der Waals surface area contributed by atoms with Crippen molar-refractivity contribution in [2.75, 3.05) is 13.2 Å². The van der Waals surface area contributed by atoms with Gasteiger partial charge in [0.15, 0.2) is 5.82 Å². The number of aliphatic carboxylic acids is 1.